The fraction of sp³-hybridized carbons (Fsp3) is 0.222. The molecule has 23 heavy (non-hydrogen) atoms. The summed E-state index contributed by atoms with van der Waals surface area (Å²) < 4.78 is 14.9. The van der Waals surface area contributed by atoms with Crippen LogP contribution in [0, 0.1) is 12.7 Å². The lowest BCUT2D eigenvalue weighted by atomic mass is 10.1. The Hall–Kier alpha value is -2.69. The molecule has 1 unspecified atom stereocenters. The number of hydrogen-bond donors (Lipinski definition) is 1. The number of carbonyl (C=O) groups excluding carboxylic acids is 1. The molecule has 0 saturated heterocycles. The Morgan fingerprint density at radius 2 is 1.91 bits per heavy atom. The SMILES string of the molecule is Cc1nc2cc(C(=O)NC(C)c3ccc(F)cc3)ccc2n1C. The van der Waals surface area contributed by atoms with Crippen molar-refractivity contribution in [1.29, 1.82) is 0 Å². The summed E-state index contributed by atoms with van der Waals surface area (Å²) in [5.41, 5.74) is 3.21. The standard InChI is InChI=1S/C18H18FN3O/c1-11(13-4-7-15(19)8-5-13)20-18(23)14-6-9-17-16(10-14)21-12(2)22(17)3/h4-11H,1-3H3,(H,20,23). The molecular weight excluding hydrogens is 293 g/mol. The van der Waals surface area contributed by atoms with Gasteiger partial charge in [-0.15, -0.1) is 0 Å². The van der Waals surface area contributed by atoms with E-state index in [1.807, 2.05) is 31.5 Å². The van der Waals surface area contributed by atoms with Crippen LogP contribution in [-0.2, 0) is 7.05 Å². The van der Waals surface area contributed by atoms with Gasteiger partial charge in [0.25, 0.3) is 5.91 Å². The van der Waals surface area contributed by atoms with Crippen molar-refractivity contribution < 1.29 is 9.18 Å². The number of rotatable bonds is 3. The van der Waals surface area contributed by atoms with Crippen LogP contribution in [-0.4, -0.2) is 15.5 Å². The number of aromatic nitrogens is 2. The third-order valence-corrected chi connectivity index (χ3v) is 4.08. The average Bonchev–Trinajstić information content (AvgIpc) is 2.82. The van der Waals surface area contributed by atoms with Crippen molar-refractivity contribution in [2.24, 2.45) is 7.05 Å². The van der Waals surface area contributed by atoms with Gasteiger partial charge in [-0.3, -0.25) is 4.79 Å². The van der Waals surface area contributed by atoms with E-state index < -0.39 is 0 Å². The molecule has 0 aliphatic heterocycles. The summed E-state index contributed by atoms with van der Waals surface area (Å²) in [5, 5.41) is 2.92. The highest BCUT2D eigenvalue weighted by Crippen LogP contribution is 2.18. The number of carbonyl (C=O) groups is 1. The molecule has 1 heterocycles. The molecule has 1 aromatic heterocycles. The zero-order chi connectivity index (χ0) is 16.6. The average molecular weight is 311 g/mol. The Labute approximate surface area is 134 Å². The Kier molecular flexibility index (Phi) is 3.86. The summed E-state index contributed by atoms with van der Waals surface area (Å²) in [6, 6.07) is 11.4. The number of nitrogens with zero attached hydrogens (tertiary/aromatic N) is 2. The predicted octanol–water partition coefficient (Wildman–Crippen LogP) is 3.51. The van der Waals surface area contributed by atoms with Gasteiger partial charge in [-0.25, -0.2) is 9.37 Å². The van der Waals surface area contributed by atoms with E-state index >= 15 is 0 Å². The van der Waals surface area contributed by atoms with Gasteiger partial charge in [0.05, 0.1) is 17.1 Å². The van der Waals surface area contributed by atoms with Crippen LogP contribution < -0.4 is 5.32 Å². The van der Waals surface area contributed by atoms with Gasteiger partial charge in [0, 0.05) is 12.6 Å². The monoisotopic (exact) mass is 311 g/mol. The number of imidazole rings is 1. The minimum Gasteiger partial charge on any atom is -0.346 e. The molecule has 1 amide bonds. The van der Waals surface area contributed by atoms with E-state index in [0.29, 0.717) is 5.56 Å². The minimum atomic E-state index is -0.289. The predicted molar refractivity (Wildman–Crippen MR) is 87.7 cm³/mol. The molecule has 118 valence electrons. The summed E-state index contributed by atoms with van der Waals surface area (Å²) >= 11 is 0. The maximum absolute atomic E-state index is 13.0. The molecule has 0 aliphatic rings. The molecule has 5 heteroatoms. The number of benzene rings is 2. The van der Waals surface area contributed by atoms with Crippen LogP contribution in [0.25, 0.3) is 11.0 Å². The van der Waals surface area contributed by atoms with Gasteiger partial charge in [0.15, 0.2) is 0 Å². The molecule has 1 atom stereocenters. The fourth-order valence-corrected chi connectivity index (χ4v) is 2.58. The summed E-state index contributed by atoms with van der Waals surface area (Å²) in [7, 11) is 1.95. The van der Waals surface area contributed by atoms with Crippen molar-refractivity contribution in [2.45, 2.75) is 19.9 Å². The van der Waals surface area contributed by atoms with Crippen LogP contribution in [0.4, 0.5) is 4.39 Å². The van der Waals surface area contributed by atoms with Gasteiger partial charge in [-0.1, -0.05) is 12.1 Å². The third-order valence-electron chi connectivity index (χ3n) is 4.08. The highest BCUT2D eigenvalue weighted by molar-refractivity contribution is 5.97. The van der Waals surface area contributed by atoms with Crippen LogP contribution >= 0.6 is 0 Å². The molecule has 0 fully saturated rings. The second-order valence-corrected chi connectivity index (χ2v) is 5.67. The first-order valence-electron chi connectivity index (χ1n) is 7.45. The van der Waals surface area contributed by atoms with E-state index in [1.54, 1.807) is 24.3 Å². The largest absolute Gasteiger partial charge is 0.346 e. The van der Waals surface area contributed by atoms with Gasteiger partial charge < -0.3 is 9.88 Å². The van der Waals surface area contributed by atoms with Crippen molar-refractivity contribution >= 4 is 16.9 Å². The quantitative estimate of drug-likeness (QED) is 0.804. The molecule has 3 aromatic rings. The van der Waals surface area contributed by atoms with Crippen molar-refractivity contribution in [3.8, 4) is 0 Å². The lowest BCUT2D eigenvalue weighted by Crippen LogP contribution is -2.26. The van der Waals surface area contributed by atoms with Crippen molar-refractivity contribution in [3.63, 3.8) is 0 Å². The molecule has 0 radical (unpaired) electrons. The molecule has 0 saturated carbocycles. The molecule has 0 bridgehead atoms. The zero-order valence-electron chi connectivity index (χ0n) is 13.3. The number of nitrogens with one attached hydrogen (secondary N) is 1. The number of fused-ring (bicyclic) bond motifs is 1. The maximum Gasteiger partial charge on any atom is 0.251 e. The van der Waals surface area contributed by atoms with Crippen molar-refractivity contribution in [1.82, 2.24) is 14.9 Å². The third kappa shape index (κ3) is 2.95. The van der Waals surface area contributed by atoms with E-state index in [2.05, 4.69) is 10.3 Å². The Bertz CT molecular complexity index is 868. The van der Waals surface area contributed by atoms with Crippen molar-refractivity contribution in [2.75, 3.05) is 0 Å². The maximum atomic E-state index is 13.0. The van der Waals surface area contributed by atoms with E-state index in [1.165, 1.54) is 12.1 Å². The van der Waals surface area contributed by atoms with Gasteiger partial charge in [0.1, 0.15) is 11.6 Å². The number of halogens is 1. The van der Waals surface area contributed by atoms with Gasteiger partial charge in [-0.05, 0) is 49.7 Å². The van der Waals surface area contributed by atoms with Crippen LogP contribution in [0.15, 0.2) is 42.5 Å². The first-order chi connectivity index (χ1) is 11.0. The number of aryl methyl sites for hydroxylation is 2. The molecule has 1 N–H and O–H groups in total. The molecular formula is C18H18FN3O. The molecule has 0 spiro atoms. The normalized spacial score (nSPS) is 12.3. The van der Waals surface area contributed by atoms with Crippen LogP contribution in [0.1, 0.15) is 34.7 Å². The fourth-order valence-electron chi connectivity index (χ4n) is 2.58. The van der Waals surface area contributed by atoms with Crippen molar-refractivity contribution in [3.05, 3.63) is 65.2 Å². The molecule has 0 aliphatic carbocycles. The minimum absolute atomic E-state index is 0.174. The Morgan fingerprint density at radius 1 is 1.22 bits per heavy atom. The van der Waals surface area contributed by atoms with Gasteiger partial charge in [0.2, 0.25) is 0 Å². The van der Waals surface area contributed by atoms with Gasteiger partial charge in [-0.2, -0.15) is 0 Å². The summed E-state index contributed by atoms with van der Waals surface area (Å²) in [5.74, 6) is 0.438. The summed E-state index contributed by atoms with van der Waals surface area (Å²) in [4.78, 5) is 16.9. The highest BCUT2D eigenvalue weighted by atomic mass is 19.1. The van der Waals surface area contributed by atoms with Crippen LogP contribution in [0.2, 0.25) is 0 Å². The number of hydrogen-bond acceptors (Lipinski definition) is 2. The Balaban J connectivity index is 1.81. The smallest absolute Gasteiger partial charge is 0.251 e. The summed E-state index contributed by atoms with van der Waals surface area (Å²) in [6.07, 6.45) is 0. The Morgan fingerprint density at radius 3 is 2.61 bits per heavy atom. The molecule has 2 aromatic carbocycles. The van der Waals surface area contributed by atoms with E-state index in [0.717, 1.165) is 22.4 Å². The topological polar surface area (TPSA) is 46.9 Å². The number of amides is 1. The lowest BCUT2D eigenvalue weighted by molar-refractivity contribution is 0.0940. The zero-order valence-corrected chi connectivity index (χ0v) is 13.3. The van der Waals surface area contributed by atoms with E-state index in [-0.39, 0.29) is 17.8 Å². The van der Waals surface area contributed by atoms with Gasteiger partial charge >= 0.3 is 0 Å². The molecule has 3 rings (SSSR count). The lowest BCUT2D eigenvalue weighted by Gasteiger charge is -2.14. The highest BCUT2D eigenvalue weighted by Gasteiger charge is 2.13. The van der Waals surface area contributed by atoms with E-state index in [4.69, 9.17) is 0 Å². The summed E-state index contributed by atoms with van der Waals surface area (Å²) in [6.45, 7) is 3.80. The molecule has 4 nitrogen and oxygen atoms in total. The second kappa shape index (κ2) is 5.83. The van der Waals surface area contributed by atoms with Crippen LogP contribution in [0.3, 0.4) is 0 Å². The first-order valence-corrected chi connectivity index (χ1v) is 7.45. The van der Waals surface area contributed by atoms with E-state index in [9.17, 15) is 9.18 Å². The first kappa shape index (κ1) is 15.2. The van der Waals surface area contributed by atoms with Crippen LogP contribution in [0.5, 0.6) is 0 Å². The second-order valence-electron chi connectivity index (χ2n) is 5.67.